The van der Waals surface area contributed by atoms with Gasteiger partial charge in [-0.05, 0) is 56.9 Å². The molecule has 0 heterocycles. The van der Waals surface area contributed by atoms with Crippen molar-refractivity contribution in [1.82, 2.24) is 5.32 Å². The molecule has 2 N–H and O–H groups in total. The first-order chi connectivity index (χ1) is 16.6. The Hall–Kier alpha value is -3.90. The lowest BCUT2D eigenvalue weighted by Gasteiger charge is -2.13. The lowest BCUT2D eigenvalue weighted by Crippen LogP contribution is -2.26. The minimum Gasteiger partial charge on any atom is -0.483 e. The highest BCUT2D eigenvalue weighted by Gasteiger charge is 2.14. The molecule has 0 aliphatic carbocycles. The molecule has 0 saturated heterocycles. The van der Waals surface area contributed by atoms with Gasteiger partial charge in [0.25, 0.3) is 11.8 Å². The van der Waals surface area contributed by atoms with Crippen LogP contribution in [0.2, 0.25) is 0 Å². The molecule has 34 heavy (non-hydrogen) atoms. The number of para-hydroxylation sites is 1. The number of amides is 2. The van der Waals surface area contributed by atoms with E-state index in [1.165, 1.54) is 0 Å². The van der Waals surface area contributed by atoms with Crippen molar-refractivity contribution in [2.75, 3.05) is 11.9 Å². The lowest BCUT2D eigenvalue weighted by atomic mass is 10.1. The largest absolute Gasteiger partial charge is 0.483 e. The number of hydrogen-bond acceptors (Lipinski definition) is 3. The summed E-state index contributed by atoms with van der Waals surface area (Å²) in [6, 6.07) is 32.3. The van der Waals surface area contributed by atoms with Crippen LogP contribution in [0.1, 0.15) is 15.9 Å². The number of carbonyl (C=O) groups excluding carboxylic acids is 2. The highest BCUT2D eigenvalue weighted by molar-refractivity contribution is 9.10. The van der Waals surface area contributed by atoms with Crippen LogP contribution in [-0.2, 0) is 11.3 Å². The number of halogens is 1. The lowest BCUT2D eigenvalue weighted by molar-refractivity contribution is -0.118. The highest BCUT2D eigenvalue weighted by Crippen LogP contribution is 2.30. The van der Waals surface area contributed by atoms with Gasteiger partial charge >= 0.3 is 0 Å². The minimum absolute atomic E-state index is 0.191. The molecule has 2 amide bonds. The molecular weight excluding hydrogens is 492 g/mol. The molecule has 0 fully saturated rings. The van der Waals surface area contributed by atoms with Gasteiger partial charge in [0, 0.05) is 6.54 Å². The summed E-state index contributed by atoms with van der Waals surface area (Å²) in [6.45, 7) is 0.210. The van der Waals surface area contributed by atoms with Crippen LogP contribution in [0.4, 0.5) is 5.69 Å². The number of hydrogen-bond donors (Lipinski definition) is 2. The van der Waals surface area contributed by atoms with Crippen molar-refractivity contribution in [1.29, 1.82) is 0 Å². The second kappa shape index (κ2) is 11.3. The Morgan fingerprint density at radius 3 is 2.18 bits per heavy atom. The monoisotopic (exact) mass is 514 g/mol. The van der Waals surface area contributed by atoms with Crippen molar-refractivity contribution in [2.45, 2.75) is 6.54 Å². The number of anilines is 1. The first-order valence-corrected chi connectivity index (χ1v) is 11.6. The standard InChI is InChI=1S/C28H23BrN2O3/c29-24-17-22(21-11-5-2-6-12-21)15-16-26(24)34-19-27(32)31-25-14-8-7-13-23(25)28(33)30-18-20-9-3-1-4-10-20/h1-17H,18-19H2,(H,30,33)(H,31,32). The van der Waals surface area contributed by atoms with Crippen molar-refractivity contribution < 1.29 is 14.3 Å². The van der Waals surface area contributed by atoms with E-state index in [2.05, 4.69) is 26.6 Å². The van der Waals surface area contributed by atoms with E-state index in [9.17, 15) is 9.59 Å². The van der Waals surface area contributed by atoms with Crippen LogP contribution in [0, 0.1) is 0 Å². The zero-order chi connectivity index (χ0) is 23.8. The van der Waals surface area contributed by atoms with Gasteiger partial charge in [0.2, 0.25) is 0 Å². The van der Waals surface area contributed by atoms with E-state index < -0.39 is 0 Å². The average Bonchev–Trinajstić information content (AvgIpc) is 2.88. The van der Waals surface area contributed by atoms with E-state index in [0.717, 1.165) is 21.2 Å². The van der Waals surface area contributed by atoms with Crippen LogP contribution in [-0.4, -0.2) is 18.4 Å². The van der Waals surface area contributed by atoms with E-state index in [4.69, 9.17) is 4.74 Å². The molecule has 4 rings (SSSR count). The third kappa shape index (κ3) is 6.11. The molecule has 0 radical (unpaired) electrons. The fourth-order valence-corrected chi connectivity index (χ4v) is 3.91. The molecular formula is C28H23BrN2O3. The third-order valence-corrected chi connectivity index (χ3v) is 5.76. The molecule has 0 unspecified atom stereocenters. The Bertz CT molecular complexity index is 1280. The summed E-state index contributed by atoms with van der Waals surface area (Å²) in [5.41, 5.74) is 3.95. The molecule has 5 nitrogen and oxygen atoms in total. The zero-order valence-corrected chi connectivity index (χ0v) is 19.9. The Balaban J connectivity index is 1.36. The SMILES string of the molecule is O=C(COc1ccc(-c2ccccc2)cc1Br)Nc1ccccc1C(=O)NCc1ccccc1. The first-order valence-electron chi connectivity index (χ1n) is 10.8. The predicted octanol–water partition coefficient (Wildman–Crippen LogP) is 6.06. The molecule has 0 atom stereocenters. The summed E-state index contributed by atoms with van der Waals surface area (Å²) >= 11 is 3.52. The van der Waals surface area contributed by atoms with Crippen LogP contribution in [0.5, 0.6) is 5.75 Å². The average molecular weight is 515 g/mol. The van der Waals surface area contributed by atoms with Crippen LogP contribution in [0.3, 0.4) is 0 Å². The minimum atomic E-state index is -0.359. The Morgan fingerprint density at radius 1 is 0.765 bits per heavy atom. The van der Waals surface area contributed by atoms with Gasteiger partial charge in [-0.3, -0.25) is 9.59 Å². The molecule has 4 aromatic carbocycles. The maximum Gasteiger partial charge on any atom is 0.262 e. The van der Waals surface area contributed by atoms with Crippen LogP contribution >= 0.6 is 15.9 Å². The molecule has 0 spiro atoms. The van der Waals surface area contributed by atoms with Gasteiger partial charge in [0.1, 0.15) is 5.75 Å². The van der Waals surface area contributed by atoms with Crippen LogP contribution in [0.25, 0.3) is 11.1 Å². The van der Waals surface area contributed by atoms with E-state index in [1.807, 2.05) is 78.9 Å². The maximum atomic E-state index is 12.7. The topological polar surface area (TPSA) is 67.4 Å². The Morgan fingerprint density at radius 2 is 1.44 bits per heavy atom. The maximum absolute atomic E-state index is 12.7. The van der Waals surface area contributed by atoms with Gasteiger partial charge in [-0.15, -0.1) is 0 Å². The normalized spacial score (nSPS) is 10.4. The van der Waals surface area contributed by atoms with Gasteiger partial charge in [0.05, 0.1) is 15.7 Å². The second-order valence-electron chi connectivity index (χ2n) is 7.56. The molecule has 4 aromatic rings. The van der Waals surface area contributed by atoms with Gasteiger partial charge in [0.15, 0.2) is 6.61 Å². The molecule has 0 aliphatic heterocycles. The fourth-order valence-electron chi connectivity index (χ4n) is 3.42. The van der Waals surface area contributed by atoms with Crippen LogP contribution in [0.15, 0.2) is 108 Å². The molecule has 0 bridgehead atoms. The summed E-state index contributed by atoms with van der Waals surface area (Å²) in [4.78, 5) is 25.2. The van der Waals surface area contributed by atoms with Gasteiger partial charge in [-0.25, -0.2) is 0 Å². The molecule has 0 aromatic heterocycles. The number of carbonyl (C=O) groups is 2. The summed E-state index contributed by atoms with van der Waals surface area (Å²) in [5.74, 6) is -0.0639. The second-order valence-corrected chi connectivity index (χ2v) is 8.42. The quantitative estimate of drug-likeness (QED) is 0.300. The van der Waals surface area contributed by atoms with E-state index in [1.54, 1.807) is 24.3 Å². The third-order valence-electron chi connectivity index (χ3n) is 5.14. The van der Waals surface area contributed by atoms with E-state index in [-0.39, 0.29) is 18.4 Å². The van der Waals surface area contributed by atoms with Crippen molar-refractivity contribution in [3.05, 3.63) is 119 Å². The van der Waals surface area contributed by atoms with E-state index >= 15 is 0 Å². The van der Waals surface area contributed by atoms with Gasteiger partial charge in [-0.1, -0.05) is 78.9 Å². The van der Waals surface area contributed by atoms with Crippen molar-refractivity contribution >= 4 is 33.4 Å². The summed E-state index contributed by atoms with van der Waals surface area (Å²) < 4.78 is 6.46. The summed E-state index contributed by atoms with van der Waals surface area (Å²) in [7, 11) is 0. The zero-order valence-electron chi connectivity index (χ0n) is 18.3. The molecule has 170 valence electrons. The molecule has 0 saturated carbocycles. The predicted molar refractivity (Wildman–Crippen MR) is 138 cm³/mol. The van der Waals surface area contributed by atoms with Gasteiger partial charge < -0.3 is 15.4 Å². The van der Waals surface area contributed by atoms with E-state index in [0.29, 0.717) is 23.5 Å². The Kier molecular flexibility index (Phi) is 7.73. The molecule has 6 heteroatoms. The smallest absolute Gasteiger partial charge is 0.262 e. The van der Waals surface area contributed by atoms with Crippen molar-refractivity contribution in [3.63, 3.8) is 0 Å². The fraction of sp³-hybridized carbons (Fsp3) is 0.0714. The Labute approximate surface area is 206 Å². The number of nitrogens with one attached hydrogen (secondary N) is 2. The highest BCUT2D eigenvalue weighted by atomic mass is 79.9. The van der Waals surface area contributed by atoms with Crippen molar-refractivity contribution in [2.24, 2.45) is 0 Å². The number of rotatable bonds is 8. The van der Waals surface area contributed by atoms with Crippen molar-refractivity contribution in [3.8, 4) is 16.9 Å². The summed E-state index contributed by atoms with van der Waals surface area (Å²) in [5, 5.41) is 5.66. The summed E-state index contributed by atoms with van der Waals surface area (Å²) in [6.07, 6.45) is 0. The molecule has 0 aliphatic rings. The number of ether oxygens (including phenoxy) is 1. The first kappa shape index (κ1) is 23.3. The van der Waals surface area contributed by atoms with Crippen LogP contribution < -0.4 is 15.4 Å². The number of benzene rings is 4. The van der Waals surface area contributed by atoms with Gasteiger partial charge in [-0.2, -0.15) is 0 Å².